The molecule has 4 heterocycles. The molecular weight excluding hydrogens is 445 g/mol. The largest absolute Gasteiger partial charge is 0.470 e. The number of amides is 1. The van der Waals surface area contributed by atoms with E-state index in [0.717, 1.165) is 11.4 Å². The second kappa shape index (κ2) is 8.50. The van der Waals surface area contributed by atoms with Crippen LogP contribution >= 0.6 is 0 Å². The fourth-order valence-electron chi connectivity index (χ4n) is 3.91. The molecule has 2 atom stereocenters. The fraction of sp³-hybridized carbons (Fsp3) is 0.700. The van der Waals surface area contributed by atoms with Crippen molar-refractivity contribution in [3.05, 3.63) is 23.7 Å². The quantitative estimate of drug-likeness (QED) is 0.656. The first-order chi connectivity index (χ1) is 15.4. The maximum Gasteiger partial charge on any atom is 0.470 e. The van der Waals surface area contributed by atoms with Gasteiger partial charge in [-0.15, -0.1) is 10.2 Å². The van der Waals surface area contributed by atoms with E-state index in [1.807, 2.05) is 37.3 Å². The van der Waals surface area contributed by atoms with Gasteiger partial charge in [0.25, 0.3) is 0 Å². The van der Waals surface area contributed by atoms with E-state index in [1.54, 1.807) is 11.1 Å². The highest BCUT2D eigenvalue weighted by Gasteiger charge is 2.40. The van der Waals surface area contributed by atoms with Crippen molar-refractivity contribution in [3.8, 4) is 0 Å². The van der Waals surface area contributed by atoms with E-state index in [9.17, 15) is 18.0 Å². The van der Waals surface area contributed by atoms with Crippen molar-refractivity contribution in [2.45, 2.75) is 70.9 Å². The number of rotatable bonds is 2. The molecule has 1 fully saturated rings. The normalized spacial score (nSPS) is 22.2. The second-order valence-corrected chi connectivity index (χ2v) is 9.30. The van der Waals surface area contributed by atoms with Crippen molar-refractivity contribution in [2.24, 2.45) is 0 Å². The van der Waals surface area contributed by atoms with Gasteiger partial charge in [-0.2, -0.15) is 18.3 Å². The van der Waals surface area contributed by atoms with Crippen molar-refractivity contribution in [3.63, 3.8) is 0 Å². The van der Waals surface area contributed by atoms with Gasteiger partial charge in [-0.1, -0.05) is 0 Å². The topological polar surface area (TPSA) is 98.8 Å². The average Bonchev–Trinajstić information content (AvgIpc) is 3.28. The molecule has 0 bridgehead atoms. The molecule has 182 valence electrons. The molecule has 2 aromatic rings. The van der Waals surface area contributed by atoms with E-state index < -0.39 is 29.7 Å². The number of hydrogen-bond acceptors (Lipinski definition) is 8. The Kier molecular flexibility index (Phi) is 6.01. The number of aromatic nitrogens is 4. The number of fused-ring (bicyclic) bond motifs is 1. The predicted octanol–water partition coefficient (Wildman–Crippen LogP) is 3.39. The lowest BCUT2D eigenvalue weighted by atomic mass is 10.1. The zero-order valence-electron chi connectivity index (χ0n) is 18.9. The number of ether oxygens (including phenoxy) is 2. The molecule has 0 spiro atoms. The number of halogens is 3. The minimum atomic E-state index is -4.70. The molecule has 33 heavy (non-hydrogen) atoms. The van der Waals surface area contributed by atoms with E-state index in [4.69, 9.17) is 13.9 Å². The lowest BCUT2D eigenvalue weighted by Gasteiger charge is -2.36. The number of carbonyl (C=O) groups is 1. The maximum absolute atomic E-state index is 12.9. The van der Waals surface area contributed by atoms with E-state index in [0.29, 0.717) is 26.1 Å². The zero-order chi connectivity index (χ0) is 24.0. The molecule has 2 aliphatic rings. The van der Waals surface area contributed by atoms with Crippen LogP contribution in [0.2, 0.25) is 0 Å². The summed E-state index contributed by atoms with van der Waals surface area (Å²) in [6.07, 6.45) is -3.00. The summed E-state index contributed by atoms with van der Waals surface area (Å²) >= 11 is 0. The molecule has 0 saturated carbocycles. The lowest BCUT2D eigenvalue weighted by Crippen LogP contribution is -2.47. The van der Waals surface area contributed by atoms with Crippen molar-refractivity contribution in [1.82, 2.24) is 24.9 Å². The number of hydrogen-bond donors (Lipinski definition) is 0. The van der Waals surface area contributed by atoms with Crippen molar-refractivity contribution in [1.29, 1.82) is 0 Å². The smallest absolute Gasteiger partial charge is 0.444 e. The number of nitrogens with zero attached hydrogens (tertiary/aromatic N) is 6. The summed E-state index contributed by atoms with van der Waals surface area (Å²) in [6.45, 7) is 8.99. The molecule has 1 unspecified atom stereocenters. The molecule has 0 radical (unpaired) electrons. The summed E-state index contributed by atoms with van der Waals surface area (Å²) in [4.78, 5) is 16.3. The third-order valence-corrected chi connectivity index (χ3v) is 5.52. The van der Waals surface area contributed by atoms with Crippen LogP contribution in [0.15, 0.2) is 10.6 Å². The highest BCUT2D eigenvalue weighted by Crippen LogP contribution is 2.34. The maximum atomic E-state index is 12.9. The first-order valence-electron chi connectivity index (χ1n) is 10.7. The molecule has 0 N–H and O–H groups in total. The van der Waals surface area contributed by atoms with Gasteiger partial charge in [-0.25, -0.2) is 4.79 Å². The van der Waals surface area contributed by atoms with Crippen LogP contribution in [-0.4, -0.2) is 62.5 Å². The summed E-state index contributed by atoms with van der Waals surface area (Å²) in [5, 5.41) is 11.2. The Morgan fingerprint density at radius 3 is 2.64 bits per heavy atom. The fourth-order valence-corrected chi connectivity index (χ4v) is 3.91. The van der Waals surface area contributed by atoms with E-state index in [2.05, 4.69) is 15.3 Å². The lowest BCUT2D eigenvalue weighted by molar-refractivity contribution is -0.157. The summed E-state index contributed by atoms with van der Waals surface area (Å²) < 4.78 is 56.6. The monoisotopic (exact) mass is 472 g/mol. The Bertz CT molecular complexity index is 999. The average molecular weight is 472 g/mol. The first kappa shape index (κ1) is 23.3. The minimum Gasteiger partial charge on any atom is -0.444 e. The number of anilines is 1. The third-order valence-electron chi connectivity index (χ3n) is 5.52. The minimum absolute atomic E-state index is 0.0807. The summed E-state index contributed by atoms with van der Waals surface area (Å²) in [7, 11) is 0. The molecule has 1 saturated heterocycles. The van der Waals surface area contributed by atoms with Crippen molar-refractivity contribution < 1.29 is 31.9 Å². The molecule has 0 aromatic carbocycles. The number of carbonyl (C=O) groups excluding carboxylic acids is 1. The Labute approximate surface area is 188 Å². The molecule has 2 aromatic heterocycles. The Hall–Kier alpha value is -2.83. The van der Waals surface area contributed by atoms with Crippen LogP contribution in [0.25, 0.3) is 0 Å². The molecular formula is C20H27F3N6O4. The van der Waals surface area contributed by atoms with Gasteiger partial charge in [0, 0.05) is 13.2 Å². The van der Waals surface area contributed by atoms with Crippen molar-refractivity contribution in [2.75, 3.05) is 24.8 Å². The Morgan fingerprint density at radius 2 is 1.97 bits per heavy atom. The van der Waals surface area contributed by atoms with Gasteiger partial charge in [0.2, 0.25) is 5.89 Å². The van der Waals surface area contributed by atoms with Crippen LogP contribution in [0.5, 0.6) is 0 Å². The van der Waals surface area contributed by atoms with Gasteiger partial charge in [0.05, 0.1) is 42.6 Å². The zero-order valence-corrected chi connectivity index (χ0v) is 18.9. The highest BCUT2D eigenvalue weighted by atomic mass is 19.4. The summed E-state index contributed by atoms with van der Waals surface area (Å²) in [6, 6.07) is -0.118. The van der Waals surface area contributed by atoms with Crippen LogP contribution in [0.1, 0.15) is 57.5 Å². The van der Waals surface area contributed by atoms with Crippen LogP contribution in [-0.2, 0) is 28.7 Å². The SMILES string of the molecule is C[C@H]1Cn2ncc(N3COCCC(c4nnc(C(F)(F)F)o4)C3)c2CN1C(=O)OC(C)(C)C. The molecule has 4 rings (SSSR count). The second-order valence-electron chi connectivity index (χ2n) is 9.30. The van der Waals surface area contributed by atoms with Crippen LogP contribution in [0.3, 0.4) is 0 Å². The van der Waals surface area contributed by atoms with Gasteiger partial charge < -0.3 is 18.8 Å². The Balaban J connectivity index is 1.55. The summed E-state index contributed by atoms with van der Waals surface area (Å²) in [5.41, 5.74) is 0.908. The van der Waals surface area contributed by atoms with Gasteiger partial charge >= 0.3 is 18.2 Å². The van der Waals surface area contributed by atoms with Gasteiger partial charge in [0.15, 0.2) is 0 Å². The van der Waals surface area contributed by atoms with Crippen molar-refractivity contribution >= 4 is 11.8 Å². The third kappa shape index (κ3) is 5.07. The molecule has 13 heteroatoms. The molecule has 1 amide bonds. The predicted molar refractivity (Wildman–Crippen MR) is 108 cm³/mol. The number of alkyl halides is 3. The van der Waals surface area contributed by atoms with Gasteiger partial charge in [-0.3, -0.25) is 9.58 Å². The van der Waals surface area contributed by atoms with Crippen LogP contribution < -0.4 is 4.90 Å². The van der Waals surface area contributed by atoms with E-state index in [-0.39, 0.29) is 25.2 Å². The molecule has 2 aliphatic heterocycles. The van der Waals surface area contributed by atoms with Gasteiger partial charge in [0.1, 0.15) is 12.3 Å². The van der Waals surface area contributed by atoms with E-state index >= 15 is 0 Å². The summed E-state index contributed by atoms with van der Waals surface area (Å²) in [5.74, 6) is -1.89. The molecule has 10 nitrogen and oxygen atoms in total. The van der Waals surface area contributed by atoms with Gasteiger partial charge in [-0.05, 0) is 34.1 Å². The van der Waals surface area contributed by atoms with Crippen LogP contribution in [0, 0.1) is 0 Å². The molecule has 0 aliphatic carbocycles. The standard InChI is InChI=1S/C20H27F3N6O4/c1-12-8-29-15(10-28(12)18(30)33-19(2,3)4)14(7-24-29)27-9-13(5-6-31-11-27)16-25-26-17(32-16)20(21,22)23/h7,12-13H,5-6,8-11H2,1-4H3/t12-,13?/m0/s1. The first-order valence-corrected chi connectivity index (χ1v) is 10.7. The highest BCUT2D eigenvalue weighted by molar-refractivity contribution is 5.69. The van der Waals surface area contributed by atoms with E-state index in [1.165, 1.54) is 0 Å². The van der Waals surface area contributed by atoms with Crippen LogP contribution in [0.4, 0.5) is 23.7 Å². The Morgan fingerprint density at radius 1 is 1.21 bits per heavy atom.